The molecule has 0 unspecified atom stereocenters. The van der Waals surface area contributed by atoms with E-state index in [1.54, 1.807) is 6.07 Å². The lowest BCUT2D eigenvalue weighted by Gasteiger charge is -2.06. The second-order valence-corrected chi connectivity index (χ2v) is 5.44. The maximum absolute atomic E-state index is 6.25. The number of nitrogens with one attached hydrogen (secondary N) is 1. The molecule has 0 atom stereocenters. The van der Waals surface area contributed by atoms with E-state index < -0.39 is 0 Å². The maximum Gasteiger partial charge on any atom is 0.140 e. The summed E-state index contributed by atoms with van der Waals surface area (Å²) in [6.45, 7) is 4.63. The Morgan fingerprint density at radius 1 is 1.35 bits per heavy atom. The second kappa shape index (κ2) is 5.21. The van der Waals surface area contributed by atoms with E-state index >= 15 is 0 Å². The molecule has 0 saturated carbocycles. The molecule has 1 N–H and O–H groups in total. The van der Waals surface area contributed by atoms with Gasteiger partial charge in [0.15, 0.2) is 0 Å². The average Bonchev–Trinajstić information content (AvgIpc) is 3.04. The summed E-state index contributed by atoms with van der Waals surface area (Å²) in [6.07, 6.45) is 1.52. The van der Waals surface area contributed by atoms with Crippen molar-refractivity contribution in [1.29, 1.82) is 0 Å². The van der Waals surface area contributed by atoms with Gasteiger partial charge in [0.1, 0.15) is 24.3 Å². The minimum Gasteiger partial charge on any atom is -0.486 e. The van der Waals surface area contributed by atoms with Crippen LogP contribution in [0.5, 0.6) is 5.75 Å². The number of aromatic amines is 1. The zero-order valence-corrected chi connectivity index (χ0v) is 12.1. The summed E-state index contributed by atoms with van der Waals surface area (Å²) >= 11 is 6.25. The monoisotopic (exact) mass is 290 g/mol. The minimum atomic E-state index is 0.333. The van der Waals surface area contributed by atoms with Gasteiger partial charge in [-0.25, -0.2) is 0 Å². The summed E-state index contributed by atoms with van der Waals surface area (Å²) in [6, 6.07) is 7.71. The molecule has 0 aliphatic rings. The standard InChI is InChI=1S/C15H15ClN2O2/c1-9(2)13-6-10-5-12(16)15(7-14(10)17-13)19-8-11-3-4-20-18-11/h3-7,9,17H,8H2,1-2H3. The van der Waals surface area contributed by atoms with Gasteiger partial charge in [-0.05, 0) is 18.1 Å². The fourth-order valence-corrected chi connectivity index (χ4v) is 2.27. The molecule has 3 rings (SSSR count). The number of halogens is 1. The number of rotatable bonds is 4. The van der Waals surface area contributed by atoms with E-state index in [2.05, 4.69) is 30.1 Å². The van der Waals surface area contributed by atoms with Crippen LogP contribution in [0.1, 0.15) is 31.2 Å². The number of nitrogens with zero attached hydrogens (tertiary/aromatic N) is 1. The van der Waals surface area contributed by atoms with Crippen molar-refractivity contribution in [2.45, 2.75) is 26.4 Å². The molecule has 104 valence electrons. The smallest absolute Gasteiger partial charge is 0.140 e. The van der Waals surface area contributed by atoms with Crippen LogP contribution in [-0.4, -0.2) is 10.1 Å². The van der Waals surface area contributed by atoms with Crippen LogP contribution in [0.25, 0.3) is 10.9 Å². The molecule has 4 nitrogen and oxygen atoms in total. The normalized spacial score (nSPS) is 11.4. The predicted molar refractivity (Wildman–Crippen MR) is 78.2 cm³/mol. The second-order valence-electron chi connectivity index (χ2n) is 5.03. The highest BCUT2D eigenvalue weighted by Gasteiger charge is 2.10. The van der Waals surface area contributed by atoms with Gasteiger partial charge in [0.25, 0.3) is 0 Å². The molecule has 0 spiro atoms. The first-order valence-electron chi connectivity index (χ1n) is 6.47. The van der Waals surface area contributed by atoms with Gasteiger partial charge in [-0.2, -0.15) is 0 Å². The van der Waals surface area contributed by atoms with Gasteiger partial charge in [0, 0.05) is 28.7 Å². The van der Waals surface area contributed by atoms with E-state index in [4.69, 9.17) is 20.9 Å². The molecular formula is C15H15ClN2O2. The number of H-pyrrole nitrogens is 1. The van der Waals surface area contributed by atoms with Gasteiger partial charge in [-0.1, -0.05) is 30.6 Å². The first-order chi connectivity index (χ1) is 9.63. The molecule has 0 saturated heterocycles. The van der Waals surface area contributed by atoms with Crippen molar-refractivity contribution in [3.8, 4) is 5.75 Å². The minimum absolute atomic E-state index is 0.333. The number of aromatic nitrogens is 2. The topological polar surface area (TPSA) is 51.1 Å². The van der Waals surface area contributed by atoms with Crippen LogP contribution >= 0.6 is 11.6 Å². The van der Waals surface area contributed by atoms with Gasteiger partial charge in [-0.15, -0.1) is 0 Å². The SMILES string of the molecule is CC(C)c1cc2cc(Cl)c(OCc3ccon3)cc2[nH]1. The van der Waals surface area contributed by atoms with Crippen LogP contribution in [0.4, 0.5) is 0 Å². The van der Waals surface area contributed by atoms with Gasteiger partial charge in [-0.3, -0.25) is 0 Å². The number of benzene rings is 1. The molecule has 0 amide bonds. The van der Waals surface area contributed by atoms with E-state index in [0.29, 0.717) is 23.3 Å². The van der Waals surface area contributed by atoms with Crippen LogP contribution in [0.3, 0.4) is 0 Å². The van der Waals surface area contributed by atoms with Crippen molar-refractivity contribution in [2.24, 2.45) is 0 Å². The van der Waals surface area contributed by atoms with Crippen molar-refractivity contribution in [3.63, 3.8) is 0 Å². The van der Waals surface area contributed by atoms with E-state index in [1.165, 1.54) is 12.0 Å². The Labute approximate surface area is 121 Å². The van der Waals surface area contributed by atoms with Crippen molar-refractivity contribution in [3.05, 3.63) is 46.9 Å². The highest BCUT2D eigenvalue weighted by atomic mass is 35.5. The molecule has 1 aromatic carbocycles. The van der Waals surface area contributed by atoms with Crippen LogP contribution in [0, 0.1) is 0 Å². The molecular weight excluding hydrogens is 276 g/mol. The van der Waals surface area contributed by atoms with Crippen molar-refractivity contribution >= 4 is 22.5 Å². The molecule has 0 bridgehead atoms. The predicted octanol–water partition coefficient (Wildman–Crippen LogP) is 4.51. The molecule has 0 radical (unpaired) electrons. The Morgan fingerprint density at radius 3 is 2.90 bits per heavy atom. The quantitative estimate of drug-likeness (QED) is 0.769. The lowest BCUT2D eigenvalue weighted by Crippen LogP contribution is -1.96. The third-order valence-corrected chi connectivity index (χ3v) is 3.48. The summed E-state index contributed by atoms with van der Waals surface area (Å²) < 4.78 is 10.4. The Morgan fingerprint density at radius 2 is 2.20 bits per heavy atom. The Hall–Kier alpha value is -1.94. The summed E-state index contributed by atoms with van der Waals surface area (Å²) in [4.78, 5) is 3.38. The van der Waals surface area contributed by atoms with E-state index in [0.717, 1.165) is 16.6 Å². The van der Waals surface area contributed by atoms with Crippen molar-refractivity contribution < 1.29 is 9.26 Å². The molecule has 20 heavy (non-hydrogen) atoms. The Kier molecular flexibility index (Phi) is 3.40. The Balaban J connectivity index is 1.88. The number of hydrogen-bond acceptors (Lipinski definition) is 3. The van der Waals surface area contributed by atoms with Crippen LogP contribution < -0.4 is 4.74 Å². The van der Waals surface area contributed by atoms with E-state index in [-0.39, 0.29) is 0 Å². The third kappa shape index (κ3) is 2.51. The highest BCUT2D eigenvalue weighted by Crippen LogP contribution is 2.32. The van der Waals surface area contributed by atoms with E-state index in [9.17, 15) is 0 Å². The van der Waals surface area contributed by atoms with Crippen LogP contribution in [0.2, 0.25) is 5.02 Å². The number of ether oxygens (including phenoxy) is 1. The van der Waals surface area contributed by atoms with Crippen LogP contribution in [-0.2, 0) is 6.61 Å². The van der Waals surface area contributed by atoms with Crippen LogP contribution in [0.15, 0.2) is 35.1 Å². The van der Waals surface area contributed by atoms with Gasteiger partial charge >= 0.3 is 0 Å². The zero-order chi connectivity index (χ0) is 14.1. The first kappa shape index (κ1) is 13.1. The largest absolute Gasteiger partial charge is 0.486 e. The van der Waals surface area contributed by atoms with Gasteiger partial charge in [0.2, 0.25) is 0 Å². The third-order valence-electron chi connectivity index (χ3n) is 3.18. The number of hydrogen-bond donors (Lipinski definition) is 1. The molecule has 0 aliphatic heterocycles. The fourth-order valence-electron chi connectivity index (χ4n) is 2.04. The average molecular weight is 291 g/mol. The summed E-state index contributed by atoms with van der Waals surface area (Å²) in [7, 11) is 0. The van der Waals surface area contributed by atoms with Crippen molar-refractivity contribution in [1.82, 2.24) is 10.1 Å². The van der Waals surface area contributed by atoms with Gasteiger partial charge < -0.3 is 14.2 Å². The molecule has 2 aromatic heterocycles. The lowest BCUT2D eigenvalue weighted by atomic mass is 10.1. The lowest BCUT2D eigenvalue weighted by molar-refractivity contribution is 0.290. The van der Waals surface area contributed by atoms with Gasteiger partial charge in [0.05, 0.1) is 5.02 Å². The molecule has 0 fully saturated rings. The first-order valence-corrected chi connectivity index (χ1v) is 6.85. The molecule has 5 heteroatoms. The Bertz CT molecular complexity index is 717. The number of fused-ring (bicyclic) bond motifs is 1. The molecule has 2 heterocycles. The highest BCUT2D eigenvalue weighted by molar-refractivity contribution is 6.32. The maximum atomic E-state index is 6.25. The summed E-state index contributed by atoms with van der Waals surface area (Å²) in [5, 5.41) is 5.48. The zero-order valence-electron chi connectivity index (χ0n) is 11.3. The molecule has 3 aromatic rings. The van der Waals surface area contributed by atoms with Crippen molar-refractivity contribution in [2.75, 3.05) is 0 Å². The summed E-state index contributed by atoms with van der Waals surface area (Å²) in [5.74, 6) is 1.08. The van der Waals surface area contributed by atoms with E-state index in [1.807, 2.05) is 12.1 Å². The molecule has 0 aliphatic carbocycles. The summed E-state index contributed by atoms with van der Waals surface area (Å²) in [5.41, 5.74) is 2.94. The fraction of sp³-hybridized carbons (Fsp3) is 0.267.